The molecule has 2 amide bonds. The lowest BCUT2D eigenvalue weighted by molar-refractivity contribution is -0.140. The zero-order valence-electron chi connectivity index (χ0n) is 25.9. The average Bonchev–Trinajstić information content (AvgIpc) is 3.00. The Kier molecular flexibility index (Phi) is 12.0. The summed E-state index contributed by atoms with van der Waals surface area (Å²) in [5.41, 5.74) is 2.07. The molecule has 232 valence electrons. The van der Waals surface area contributed by atoms with Gasteiger partial charge >= 0.3 is 0 Å². The Hall–Kier alpha value is -4.05. The molecule has 10 heteroatoms. The second-order valence-corrected chi connectivity index (χ2v) is 12.2. The molecular formula is C33H43N3O6S. The van der Waals surface area contributed by atoms with Crippen molar-refractivity contribution in [2.24, 2.45) is 0 Å². The van der Waals surface area contributed by atoms with Crippen LogP contribution < -0.4 is 19.1 Å². The van der Waals surface area contributed by atoms with E-state index in [4.69, 9.17) is 9.47 Å². The number of ether oxygens (including phenoxy) is 2. The van der Waals surface area contributed by atoms with E-state index in [0.29, 0.717) is 30.2 Å². The van der Waals surface area contributed by atoms with Crippen molar-refractivity contribution in [1.82, 2.24) is 10.2 Å². The predicted octanol–water partition coefficient (Wildman–Crippen LogP) is 5.32. The highest BCUT2D eigenvalue weighted by molar-refractivity contribution is 7.92. The van der Waals surface area contributed by atoms with Crippen molar-refractivity contribution in [3.63, 3.8) is 0 Å². The average molecular weight is 610 g/mol. The van der Waals surface area contributed by atoms with Gasteiger partial charge in [0, 0.05) is 12.6 Å². The third kappa shape index (κ3) is 8.73. The molecule has 0 aromatic heterocycles. The maximum absolute atomic E-state index is 14.2. The molecule has 0 bridgehead atoms. The SMILES string of the molecule is CCOc1ccc(S(=O)(=O)N(CC(=O)N(Cc2ccc(OC)cc2)[C@H](CC)C(=O)N[C@H](C)CC)c2ccc(C)cc2)cc1. The number of nitrogens with one attached hydrogen (secondary N) is 1. The second kappa shape index (κ2) is 15.4. The van der Waals surface area contributed by atoms with Crippen LogP contribution in [0.15, 0.2) is 77.7 Å². The zero-order chi connectivity index (χ0) is 31.6. The van der Waals surface area contributed by atoms with Crippen molar-refractivity contribution in [2.75, 3.05) is 24.6 Å². The summed E-state index contributed by atoms with van der Waals surface area (Å²) in [6, 6.07) is 19.4. The van der Waals surface area contributed by atoms with Crippen LogP contribution >= 0.6 is 0 Å². The normalized spacial score (nSPS) is 12.6. The van der Waals surface area contributed by atoms with Crippen molar-refractivity contribution in [3.05, 3.63) is 83.9 Å². The highest BCUT2D eigenvalue weighted by atomic mass is 32.2. The van der Waals surface area contributed by atoms with Crippen molar-refractivity contribution in [1.29, 1.82) is 0 Å². The quantitative estimate of drug-likeness (QED) is 0.250. The molecule has 0 radical (unpaired) electrons. The van der Waals surface area contributed by atoms with Gasteiger partial charge in [-0.2, -0.15) is 0 Å². The summed E-state index contributed by atoms with van der Waals surface area (Å²) in [5.74, 6) is 0.422. The number of aryl methyl sites for hydroxylation is 1. The van der Waals surface area contributed by atoms with E-state index in [1.54, 1.807) is 55.6 Å². The zero-order valence-corrected chi connectivity index (χ0v) is 26.7. The maximum atomic E-state index is 14.2. The molecule has 0 aliphatic carbocycles. The van der Waals surface area contributed by atoms with Crippen molar-refractivity contribution < 1.29 is 27.5 Å². The van der Waals surface area contributed by atoms with Gasteiger partial charge < -0.3 is 19.7 Å². The number of hydrogen-bond donors (Lipinski definition) is 1. The van der Waals surface area contributed by atoms with Gasteiger partial charge in [-0.1, -0.05) is 43.7 Å². The lowest BCUT2D eigenvalue weighted by Crippen LogP contribution is -2.53. The first-order valence-corrected chi connectivity index (χ1v) is 16.0. The summed E-state index contributed by atoms with van der Waals surface area (Å²) in [6.45, 7) is 9.52. The number of anilines is 1. The lowest BCUT2D eigenvalue weighted by Gasteiger charge is -2.33. The van der Waals surface area contributed by atoms with Gasteiger partial charge in [0.15, 0.2) is 0 Å². The molecule has 43 heavy (non-hydrogen) atoms. The fraction of sp³-hybridized carbons (Fsp3) is 0.394. The second-order valence-electron chi connectivity index (χ2n) is 10.4. The molecule has 0 saturated carbocycles. The van der Waals surface area contributed by atoms with Crippen LogP contribution in [-0.4, -0.2) is 57.5 Å². The van der Waals surface area contributed by atoms with E-state index in [1.807, 2.05) is 46.8 Å². The molecule has 0 heterocycles. The molecule has 0 aliphatic rings. The van der Waals surface area contributed by atoms with Crippen LogP contribution in [0.1, 0.15) is 51.7 Å². The molecule has 0 aliphatic heterocycles. The monoisotopic (exact) mass is 609 g/mol. The highest BCUT2D eigenvalue weighted by Gasteiger charge is 2.34. The molecule has 0 unspecified atom stereocenters. The Labute approximate surface area is 255 Å². The molecule has 3 aromatic carbocycles. The number of carbonyl (C=O) groups is 2. The van der Waals surface area contributed by atoms with E-state index in [1.165, 1.54) is 17.0 Å². The topological polar surface area (TPSA) is 105 Å². The third-order valence-corrected chi connectivity index (χ3v) is 9.01. The van der Waals surface area contributed by atoms with Gasteiger partial charge in [0.05, 0.1) is 24.3 Å². The van der Waals surface area contributed by atoms with Crippen LogP contribution in [0.2, 0.25) is 0 Å². The van der Waals surface area contributed by atoms with Gasteiger partial charge in [0.25, 0.3) is 10.0 Å². The van der Waals surface area contributed by atoms with Gasteiger partial charge in [-0.05, 0) is 87.7 Å². The van der Waals surface area contributed by atoms with Gasteiger partial charge in [-0.3, -0.25) is 13.9 Å². The summed E-state index contributed by atoms with van der Waals surface area (Å²) >= 11 is 0. The first kappa shape index (κ1) is 33.5. The minimum Gasteiger partial charge on any atom is -0.497 e. The molecule has 1 N–H and O–H groups in total. The molecule has 3 rings (SSSR count). The highest BCUT2D eigenvalue weighted by Crippen LogP contribution is 2.27. The van der Waals surface area contributed by atoms with Crippen LogP contribution in [0.5, 0.6) is 11.5 Å². The summed E-state index contributed by atoms with van der Waals surface area (Å²) in [7, 11) is -2.60. The number of sulfonamides is 1. The molecule has 9 nitrogen and oxygen atoms in total. The Bertz CT molecular complexity index is 1440. The third-order valence-electron chi connectivity index (χ3n) is 7.22. The van der Waals surface area contributed by atoms with Crippen LogP contribution in [0, 0.1) is 6.92 Å². The number of carbonyl (C=O) groups excluding carboxylic acids is 2. The summed E-state index contributed by atoms with van der Waals surface area (Å²) in [5, 5.41) is 2.99. The number of methoxy groups -OCH3 is 1. The number of benzene rings is 3. The summed E-state index contributed by atoms with van der Waals surface area (Å²) < 4.78 is 40.0. The molecule has 0 spiro atoms. The van der Waals surface area contributed by atoms with Gasteiger partial charge in [0.2, 0.25) is 11.8 Å². The maximum Gasteiger partial charge on any atom is 0.264 e. The van der Waals surface area contributed by atoms with Crippen LogP contribution in [0.3, 0.4) is 0 Å². The van der Waals surface area contributed by atoms with Gasteiger partial charge in [-0.25, -0.2) is 8.42 Å². The van der Waals surface area contributed by atoms with E-state index in [0.717, 1.165) is 21.9 Å². The van der Waals surface area contributed by atoms with E-state index < -0.39 is 28.5 Å². The molecule has 0 fully saturated rings. The Morgan fingerprint density at radius 2 is 1.47 bits per heavy atom. The Morgan fingerprint density at radius 3 is 2.00 bits per heavy atom. The largest absolute Gasteiger partial charge is 0.497 e. The van der Waals surface area contributed by atoms with E-state index in [2.05, 4.69) is 5.32 Å². The molecule has 2 atom stereocenters. The van der Waals surface area contributed by atoms with Gasteiger partial charge in [-0.15, -0.1) is 0 Å². The first-order valence-electron chi connectivity index (χ1n) is 14.6. The number of hydrogen-bond acceptors (Lipinski definition) is 6. The molecular weight excluding hydrogens is 566 g/mol. The van der Waals surface area contributed by atoms with Crippen molar-refractivity contribution in [2.45, 2.75) is 71.0 Å². The summed E-state index contributed by atoms with van der Waals surface area (Å²) in [4.78, 5) is 29.1. The predicted molar refractivity (Wildman–Crippen MR) is 169 cm³/mol. The molecule has 3 aromatic rings. The Morgan fingerprint density at radius 1 is 0.860 bits per heavy atom. The standard InChI is InChI=1S/C33H43N3O6S/c1-7-25(5)34-33(38)31(8-2)35(22-26-12-16-28(41-6)17-13-26)32(37)23-36(27-14-10-24(4)11-15-27)43(39,40)30-20-18-29(19-21-30)42-9-3/h10-21,25,31H,7-9,22-23H2,1-6H3,(H,34,38)/t25-,31-/m1/s1. The van der Waals surface area contributed by atoms with E-state index in [-0.39, 0.29) is 23.4 Å². The fourth-order valence-corrected chi connectivity index (χ4v) is 5.94. The Balaban J connectivity index is 2.04. The minimum absolute atomic E-state index is 0.0209. The molecule has 0 saturated heterocycles. The fourth-order valence-electron chi connectivity index (χ4n) is 4.53. The first-order chi connectivity index (χ1) is 20.5. The van der Waals surface area contributed by atoms with Crippen molar-refractivity contribution >= 4 is 27.5 Å². The smallest absolute Gasteiger partial charge is 0.264 e. The number of nitrogens with zero attached hydrogens (tertiary/aromatic N) is 2. The summed E-state index contributed by atoms with van der Waals surface area (Å²) in [6.07, 6.45) is 1.08. The van der Waals surface area contributed by atoms with Crippen LogP contribution in [0.4, 0.5) is 5.69 Å². The van der Waals surface area contributed by atoms with Crippen LogP contribution in [-0.2, 0) is 26.2 Å². The minimum atomic E-state index is -4.17. The lowest BCUT2D eigenvalue weighted by atomic mass is 10.1. The number of rotatable bonds is 15. The number of amides is 2. The van der Waals surface area contributed by atoms with Crippen LogP contribution in [0.25, 0.3) is 0 Å². The van der Waals surface area contributed by atoms with Crippen molar-refractivity contribution in [3.8, 4) is 11.5 Å². The van der Waals surface area contributed by atoms with E-state index >= 15 is 0 Å². The van der Waals surface area contributed by atoms with Gasteiger partial charge in [0.1, 0.15) is 24.1 Å². The van der Waals surface area contributed by atoms with E-state index in [9.17, 15) is 18.0 Å².